The van der Waals surface area contributed by atoms with Gasteiger partial charge >= 0.3 is 0 Å². The van der Waals surface area contributed by atoms with E-state index in [1.165, 1.54) is 32.1 Å². The van der Waals surface area contributed by atoms with Crippen molar-refractivity contribution in [3.63, 3.8) is 0 Å². The Kier molecular flexibility index (Phi) is 4.97. The lowest BCUT2D eigenvalue weighted by atomic mass is 10.1. The van der Waals surface area contributed by atoms with Crippen LogP contribution in [-0.2, 0) is 0 Å². The minimum atomic E-state index is 0.620. The van der Waals surface area contributed by atoms with Gasteiger partial charge in [-0.15, -0.1) is 0 Å². The zero-order chi connectivity index (χ0) is 10.4. The summed E-state index contributed by atoms with van der Waals surface area (Å²) in [4.78, 5) is 2.39. The molecule has 1 atom stereocenters. The highest BCUT2D eigenvalue weighted by atomic mass is 15.2. The molecule has 0 aromatic carbocycles. The van der Waals surface area contributed by atoms with Crippen LogP contribution in [0.3, 0.4) is 0 Å². The molecular weight excluding hydrogens is 172 g/mol. The fraction of sp³-hybridized carbons (Fsp3) is 0.917. The number of nitrogens with zero attached hydrogens (tertiary/aromatic N) is 2. The van der Waals surface area contributed by atoms with Gasteiger partial charge in [0.25, 0.3) is 0 Å². The van der Waals surface area contributed by atoms with E-state index in [2.05, 4.69) is 24.8 Å². The summed E-state index contributed by atoms with van der Waals surface area (Å²) in [6.45, 7) is 6.23. The summed E-state index contributed by atoms with van der Waals surface area (Å²) < 4.78 is 0. The van der Waals surface area contributed by atoms with Crippen LogP contribution in [0, 0.1) is 17.2 Å². The molecule has 0 radical (unpaired) electrons. The van der Waals surface area contributed by atoms with Gasteiger partial charge in [-0.2, -0.15) is 5.26 Å². The largest absolute Gasteiger partial charge is 0.287 e. The molecule has 1 unspecified atom stereocenters. The summed E-state index contributed by atoms with van der Waals surface area (Å²) in [5.41, 5.74) is 0. The first-order valence-corrected chi connectivity index (χ1v) is 5.89. The van der Waals surface area contributed by atoms with Crippen LogP contribution in [0.2, 0.25) is 0 Å². The van der Waals surface area contributed by atoms with E-state index in [1.54, 1.807) is 0 Å². The van der Waals surface area contributed by atoms with E-state index in [1.807, 2.05) is 0 Å². The Morgan fingerprint density at radius 2 is 2.07 bits per heavy atom. The first-order valence-electron chi connectivity index (χ1n) is 5.89. The third kappa shape index (κ3) is 3.31. The van der Waals surface area contributed by atoms with Crippen molar-refractivity contribution in [1.82, 2.24) is 4.90 Å². The van der Waals surface area contributed by atoms with Gasteiger partial charge in [0.15, 0.2) is 0 Å². The van der Waals surface area contributed by atoms with Gasteiger partial charge in [0.2, 0.25) is 0 Å². The maximum atomic E-state index is 8.79. The predicted molar refractivity (Wildman–Crippen MR) is 58.9 cm³/mol. The molecule has 1 aliphatic carbocycles. The molecule has 0 N–H and O–H groups in total. The van der Waals surface area contributed by atoms with Gasteiger partial charge in [0, 0.05) is 12.6 Å². The number of rotatable bonds is 5. The van der Waals surface area contributed by atoms with Gasteiger partial charge in [-0.3, -0.25) is 4.90 Å². The van der Waals surface area contributed by atoms with E-state index in [9.17, 15) is 0 Å². The van der Waals surface area contributed by atoms with Gasteiger partial charge < -0.3 is 0 Å². The molecule has 2 nitrogen and oxygen atoms in total. The first-order chi connectivity index (χ1) is 6.77. The standard InChI is InChI=1S/C12H22N2/c1-3-11(2)10-14(9-8-13)12-6-4-5-7-12/h11-12H,3-7,9-10H2,1-2H3. The Labute approximate surface area is 87.9 Å². The highest BCUT2D eigenvalue weighted by molar-refractivity contribution is 4.85. The van der Waals surface area contributed by atoms with E-state index >= 15 is 0 Å². The smallest absolute Gasteiger partial charge is 0.0868 e. The van der Waals surface area contributed by atoms with Crippen molar-refractivity contribution in [2.24, 2.45) is 5.92 Å². The summed E-state index contributed by atoms with van der Waals surface area (Å²) >= 11 is 0. The Hall–Kier alpha value is -0.550. The molecule has 0 saturated heterocycles. The van der Waals surface area contributed by atoms with Crippen LogP contribution in [0.5, 0.6) is 0 Å². The van der Waals surface area contributed by atoms with Crippen molar-refractivity contribution in [3.8, 4) is 6.07 Å². The van der Waals surface area contributed by atoms with Crippen molar-refractivity contribution in [3.05, 3.63) is 0 Å². The minimum absolute atomic E-state index is 0.620. The van der Waals surface area contributed by atoms with Crippen LogP contribution in [-0.4, -0.2) is 24.0 Å². The summed E-state index contributed by atoms with van der Waals surface area (Å²) in [5.74, 6) is 0.726. The van der Waals surface area contributed by atoms with E-state index in [-0.39, 0.29) is 0 Å². The van der Waals surface area contributed by atoms with Crippen LogP contribution in [0.1, 0.15) is 46.0 Å². The molecule has 0 heterocycles. The summed E-state index contributed by atoms with van der Waals surface area (Å²) in [6.07, 6.45) is 6.53. The van der Waals surface area contributed by atoms with Gasteiger partial charge in [-0.25, -0.2) is 0 Å². The van der Waals surface area contributed by atoms with Gasteiger partial charge in [-0.1, -0.05) is 33.1 Å². The lowest BCUT2D eigenvalue weighted by Gasteiger charge is -2.28. The van der Waals surface area contributed by atoms with Crippen LogP contribution in [0.4, 0.5) is 0 Å². The molecule has 0 aromatic rings. The number of hydrogen-bond acceptors (Lipinski definition) is 2. The average Bonchev–Trinajstić information content (AvgIpc) is 2.69. The molecule has 2 heteroatoms. The molecule has 0 spiro atoms. The first kappa shape index (κ1) is 11.5. The highest BCUT2D eigenvalue weighted by Gasteiger charge is 2.22. The highest BCUT2D eigenvalue weighted by Crippen LogP contribution is 2.24. The summed E-state index contributed by atoms with van der Waals surface area (Å²) in [6, 6.07) is 3.00. The lowest BCUT2D eigenvalue weighted by Crippen LogP contribution is -2.36. The molecule has 0 aliphatic heterocycles. The molecular formula is C12H22N2. The second-order valence-corrected chi connectivity index (χ2v) is 4.54. The van der Waals surface area contributed by atoms with Crippen molar-refractivity contribution in [1.29, 1.82) is 5.26 Å². The SMILES string of the molecule is CCC(C)CN(CC#N)C1CCCC1. The summed E-state index contributed by atoms with van der Waals surface area (Å²) in [7, 11) is 0. The van der Waals surface area contributed by atoms with Crippen LogP contribution < -0.4 is 0 Å². The molecule has 1 saturated carbocycles. The average molecular weight is 194 g/mol. The maximum absolute atomic E-state index is 8.79. The minimum Gasteiger partial charge on any atom is -0.287 e. The molecule has 1 aliphatic rings. The third-order valence-electron chi connectivity index (χ3n) is 3.36. The normalized spacial score (nSPS) is 19.9. The molecule has 1 rings (SSSR count). The fourth-order valence-electron chi connectivity index (χ4n) is 2.23. The Morgan fingerprint density at radius 1 is 1.43 bits per heavy atom. The second kappa shape index (κ2) is 6.03. The Bertz CT molecular complexity index is 189. The molecule has 0 bridgehead atoms. The number of hydrogen-bond donors (Lipinski definition) is 0. The van der Waals surface area contributed by atoms with E-state index < -0.39 is 0 Å². The quantitative estimate of drug-likeness (QED) is 0.629. The van der Waals surface area contributed by atoms with Crippen LogP contribution in [0.15, 0.2) is 0 Å². The molecule has 0 amide bonds. The lowest BCUT2D eigenvalue weighted by molar-refractivity contribution is 0.192. The van der Waals surface area contributed by atoms with Gasteiger partial charge in [0.1, 0.15) is 0 Å². The Balaban J connectivity index is 2.41. The van der Waals surface area contributed by atoms with Gasteiger partial charge in [-0.05, 0) is 18.8 Å². The van der Waals surface area contributed by atoms with Crippen molar-refractivity contribution < 1.29 is 0 Å². The topological polar surface area (TPSA) is 27.0 Å². The van der Waals surface area contributed by atoms with Crippen LogP contribution in [0.25, 0.3) is 0 Å². The van der Waals surface area contributed by atoms with E-state index in [0.29, 0.717) is 12.6 Å². The zero-order valence-corrected chi connectivity index (χ0v) is 9.50. The van der Waals surface area contributed by atoms with Crippen LogP contribution >= 0.6 is 0 Å². The maximum Gasteiger partial charge on any atom is 0.0868 e. The van der Waals surface area contributed by atoms with Crippen molar-refractivity contribution >= 4 is 0 Å². The molecule has 80 valence electrons. The van der Waals surface area contributed by atoms with Crippen molar-refractivity contribution in [2.75, 3.05) is 13.1 Å². The van der Waals surface area contributed by atoms with E-state index in [4.69, 9.17) is 5.26 Å². The molecule has 0 aromatic heterocycles. The van der Waals surface area contributed by atoms with Gasteiger partial charge in [0.05, 0.1) is 12.6 Å². The summed E-state index contributed by atoms with van der Waals surface area (Å²) in [5, 5.41) is 8.79. The second-order valence-electron chi connectivity index (χ2n) is 4.54. The zero-order valence-electron chi connectivity index (χ0n) is 9.50. The molecule has 14 heavy (non-hydrogen) atoms. The van der Waals surface area contributed by atoms with E-state index in [0.717, 1.165) is 12.5 Å². The Morgan fingerprint density at radius 3 is 2.57 bits per heavy atom. The molecule has 1 fully saturated rings. The van der Waals surface area contributed by atoms with Crippen molar-refractivity contribution in [2.45, 2.75) is 52.0 Å². The fourth-order valence-corrected chi connectivity index (χ4v) is 2.23. The monoisotopic (exact) mass is 194 g/mol. The third-order valence-corrected chi connectivity index (χ3v) is 3.36. The predicted octanol–water partition coefficient (Wildman–Crippen LogP) is 2.80. The number of nitriles is 1.